The van der Waals surface area contributed by atoms with E-state index in [1.807, 2.05) is 12.3 Å². The Hall–Kier alpha value is -0.580. The molecule has 3 nitrogen and oxygen atoms in total. The second kappa shape index (κ2) is 4.12. The summed E-state index contributed by atoms with van der Waals surface area (Å²) in [6.45, 7) is 3.33. The largest absolute Gasteiger partial charge is 0.396 e. The molecule has 1 aromatic heterocycles. The van der Waals surface area contributed by atoms with Crippen molar-refractivity contribution in [3.8, 4) is 0 Å². The molecule has 1 fully saturated rings. The molecule has 0 unspecified atom stereocenters. The van der Waals surface area contributed by atoms with Crippen molar-refractivity contribution in [2.24, 2.45) is 5.92 Å². The highest BCUT2D eigenvalue weighted by Gasteiger charge is 2.32. The van der Waals surface area contributed by atoms with Crippen LogP contribution in [0.3, 0.4) is 0 Å². The van der Waals surface area contributed by atoms with Gasteiger partial charge in [0.05, 0.1) is 5.02 Å². The Labute approximate surface area is 97.3 Å². The molecular formula is C10H12ClNO2S. The van der Waals surface area contributed by atoms with Crippen molar-refractivity contribution in [3.05, 3.63) is 20.8 Å². The number of carbonyl (C=O) groups excluding carboxylic acids is 1. The van der Waals surface area contributed by atoms with Crippen LogP contribution in [0.15, 0.2) is 5.38 Å². The van der Waals surface area contributed by atoms with E-state index in [4.69, 9.17) is 16.7 Å². The van der Waals surface area contributed by atoms with Gasteiger partial charge in [-0.2, -0.15) is 0 Å². The Morgan fingerprint density at radius 2 is 2.40 bits per heavy atom. The summed E-state index contributed by atoms with van der Waals surface area (Å²) < 4.78 is 0. The lowest BCUT2D eigenvalue weighted by Gasteiger charge is -2.38. The molecule has 2 heterocycles. The third-order valence-electron chi connectivity index (χ3n) is 2.60. The molecule has 1 aromatic rings. The molecule has 1 aliphatic rings. The van der Waals surface area contributed by atoms with E-state index in [0.717, 1.165) is 5.56 Å². The highest BCUT2D eigenvalue weighted by Crippen LogP contribution is 2.30. The summed E-state index contributed by atoms with van der Waals surface area (Å²) in [6, 6.07) is 0. The molecule has 15 heavy (non-hydrogen) atoms. The summed E-state index contributed by atoms with van der Waals surface area (Å²) in [4.78, 5) is 14.2. The van der Waals surface area contributed by atoms with Crippen molar-refractivity contribution in [1.82, 2.24) is 4.90 Å². The molecular weight excluding hydrogens is 234 g/mol. The van der Waals surface area contributed by atoms with E-state index in [2.05, 4.69) is 0 Å². The van der Waals surface area contributed by atoms with Gasteiger partial charge in [-0.3, -0.25) is 4.79 Å². The Morgan fingerprint density at radius 3 is 2.87 bits per heavy atom. The highest BCUT2D eigenvalue weighted by atomic mass is 35.5. The molecule has 0 radical (unpaired) electrons. The van der Waals surface area contributed by atoms with E-state index in [-0.39, 0.29) is 18.4 Å². The van der Waals surface area contributed by atoms with Crippen molar-refractivity contribution in [3.63, 3.8) is 0 Å². The maximum Gasteiger partial charge on any atom is 0.265 e. The van der Waals surface area contributed by atoms with Crippen LogP contribution < -0.4 is 0 Å². The first-order valence-corrected chi connectivity index (χ1v) is 6.03. The summed E-state index contributed by atoms with van der Waals surface area (Å²) in [6.07, 6.45) is 0. The molecule has 1 amide bonds. The van der Waals surface area contributed by atoms with Gasteiger partial charge in [0.2, 0.25) is 0 Å². The van der Waals surface area contributed by atoms with Crippen LogP contribution in [0.1, 0.15) is 15.2 Å². The quantitative estimate of drug-likeness (QED) is 0.863. The summed E-state index contributed by atoms with van der Waals surface area (Å²) in [5.74, 6) is 0.233. The number of aliphatic hydroxyl groups excluding tert-OH is 1. The molecule has 0 aromatic carbocycles. The maximum absolute atomic E-state index is 11.9. The number of halogens is 1. The van der Waals surface area contributed by atoms with Crippen LogP contribution in [0.25, 0.3) is 0 Å². The smallest absolute Gasteiger partial charge is 0.265 e. The van der Waals surface area contributed by atoms with E-state index in [1.54, 1.807) is 4.90 Å². The summed E-state index contributed by atoms with van der Waals surface area (Å²) >= 11 is 7.40. The Kier molecular flexibility index (Phi) is 3.00. The van der Waals surface area contributed by atoms with Crippen molar-refractivity contribution < 1.29 is 9.90 Å². The fourth-order valence-corrected chi connectivity index (χ4v) is 2.81. The number of thiophene rings is 1. The first-order valence-electron chi connectivity index (χ1n) is 4.77. The lowest BCUT2D eigenvalue weighted by Crippen LogP contribution is -2.51. The maximum atomic E-state index is 11.9. The lowest BCUT2D eigenvalue weighted by molar-refractivity contribution is 0.0366. The Bertz CT molecular complexity index is 385. The molecule has 5 heteroatoms. The summed E-state index contributed by atoms with van der Waals surface area (Å²) in [7, 11) is 0. The van der Waals surface area contributed by atoms with Crippen LogP contribution in [0, 0.1) is 12.8 Å². The fourth-order valence-electron chi connectivity index (χ4n) is 1.57. The molecule has 0 atom stereocenters. The van der Waals surface area contributed by atoms with Crippen LogP contribution in [-0.2, 0) is 0 Å². The van der Waals surface area contributed by atoms with Gasteiger partial charge < -0.3 is 10.0 Å². The summed E-state index contributed by atoms with van der Waals surface area (Å²) in [5, 5.41) is 11.3. The normalized spacial score (nSPS) is 16.6. The monoisotopic (exact) mass is 245 g/mol. The number of hydrogen-bond acceptors (Lipinski definition) is 3. The third kappa shape index (κ3) is 1.89. The van der Waals surface area contributed by atoms with Gasteiger partial charge in [-0.05, 0) is 17.9 Å². The van der Waals surface area contributed by atoms with Crippen LogP contribution in [-0.4, -0.2) is 35.6 Å². The third-order valence-corrected chi connectivity index (χ3v) is 4.28. The number of aryl methyl sites for hydroxylation is 1. The van der Waals surface area contributed by atoms with E-state index >= 15 is 0 Å². The van der Waals surface area contributed by atoms with Gasteiger partial charge in [-0.15, -0.1) is 11.3 Å². The van der Waals surface area contributed by atoms with E-state index in [1.165, 1.54) is 11.3 Å². The molecule has 1 saturated heterocycles. The fraction of sp³-hybridized carbons (Fsp3) is 0.500. The van der Waals surface area contributed by atoms with Crippen molar-refractivity contribution in [2.75, 3.05) is 19.7 Å². The van der Waals surface area contributed by atoms with Crippen LogP contribution >= 0.6 is 22.9 Å². The average Bonchev–Trinajstić information content (AvgIpc) is 2.46. The minimum Gasteiger partial charge on any atom is -0.396 e. The standard InChI is InChI=1S/C10H12ClNO2S/c1-6-5-15-9(8(6)11)10(14)12-2-7(3-12)4-13/h5,7,13H,2-4H2,1H3. The lowest BCUT2D eigenvalue weighted by atomic mass is 10.0. The van der Waals surface area contributed by atoms with Gasteiger partial charge in [0.15, 0.2) is 0 Å². The zero-order valence-corrected chi connectivity index (χ0v) is 9.94. The Balaban J connectivity index is 2.07. The second-order valence-corrected chi connectivity index (χ2v) is 5.08. The zero-order valence-electron chi connectivity index (χ0n) is 8.36. The highest BCUT2D eigenvalue weighted by molar-refractivity contribution is 7.13. The second-order valence-electron chi connectivity index (χ2n) is 3.82. The predicted octanol–water partition coefficient (Wildman–Crippen LogP) is 1.77. The van der Waals surface area contributed by atoms with Gasteiger partial charge in [-0.25, -0.2) is 0 Å². The minimum atomic E-state index is -0.0113. The van der Waals surface area contributed by atoms with Crippen molar-refractivity contribution in [2.45, 2.75) is 6.92 Å². The number of carbonyl (C=O) groups is 1. The first kappa shape index (κ1) is 10.9. The van der Waals surface area contributed by atoms with Gasteiger partial charge >= 0.3 is 0 Å². The predicted molar refractivity (Wildman–Crippen MR) is 60.5 cm³/mol. The molecule has 0 spiro atoms. The van der Waals surface area contributed by atoms with Crippen molar-refractivity contribution >= 4 is 28.8 Å². The summed E-state index contributed by atoms with van der Waals surface area (Å²) in [5.41, 5.74) is 0.948. The van der Waals surface area contributed by atoms with Crippen LogP contribution in [0.2, 0.25) is 5.02 Å². The van der Waals surface area contributed by atoms with Gasteiger partial charge in [0.25, 0.3) is 5.91 Å². The number of hydrogen-bond donors (Lipinski definition) is 1. The van der Waals surface area contributed by atoms with Crippen LogP contribution in [0.5, 0.6) is 0 Å². The van der Waals surface area contributed by atoms with Gasteiger partial charge in [-0.1, -0.05) is 11.6 Å². The average molecular weight is 246 g/mol. The number of nitrogens with zero attached hydrogens (tertiary/aromatic N) is 1. The van der Waals surface area contributed by atoms with Crippen molar-refractivity contribution in [1.29, 1.82) is 0 Å². The molecule has 82 valence electrons. The number of likely N-dealkylation sites (tertiary alicyclic amines) is 1. The van der Waals surface area contributed by atoms with Gasteiger partial charge in [0, 0.05) is 25.6 Å². The SMILES string of the molecule is Cc1csc(C(=O)N2CC(CO)C2)c1Cl. The first-order chi connectivity index (χ1) is 7.13. The Morgan fingerprint density at radius 1 is 1.73 bits per heavy atom. The molecule has 2 rings (SSSR count). The molecule has 0 aliphatic carbocycles. The topological polar surface area (TPSA) is 40.5 Å². The number of amides is 1. The van der Waals surface area contributed by atoms with E-state index in [9.17, 15) is 4.79 Å². The number of rotatable bonds is 2. The molecule has 1 aliphatic heterocycles. The van der Waals surface area contributed by atoms with E-state index < -0.39 is 0 Å². The number of aliphatic hydroxyl groups is 1. The molecule has 0 bridgehead atoms. The minimum absolute atomic E-state index is 0.0113. The van der Waals surface area contributed by atoms with E-state index in [0.29, 0.717) is 23.0 Å². The van der Waals surface area contributed by atoms with Gasteiger partial charge in [0.1, 0.15) is 4.88 Å². The van der Waals surface area contributed by atoms with Crippen LogP contribution in [0.4, 0.5) is 0 Å². The molecule has 1 N–H and O–H groups in total. The zero-order chi connectivity index (χ0) is 11.0. The molecule has 0 saturated carbocycles.